The Kier molecular flexibility index (Phi) is 6.62. The van der Waals surface area contributed by atoms with Gasteiger partial charge in [0.05, 0.1) is 29.3 Å². The fraction of sp³-hybridized carbons (Fsp3) is 0.150. The molecule has 3 aromatic rings. The molecule has 138 valence electrons. The van der Waals surface area contributed by atoms with Crippen LogP contribution in [-0.4, -0.2) is 29.2 Å². The molecule has 0 unspecified atom stereocenters. The van der Waals surface area contributed by atoms with Gasteiger partial charge in [0, 0.05) is 10.9 Å². The zero-order valence-corrected chi connectivity index (χ0v) is 16.3. The van der Waals surface area contributed by atoms with Crippen LogP contribution in [0.2, 0.25) is 0 Å². The van der Waals surface area contributed by atoms with Crippen molar-refractivity contribution in [1.82, 2.24) is 4.98 Å². The first-order valence-corrected chi connectivity index (χ1v) is 10.2. The zero-order valence-electron chi connectivity index (χ0n) is 14.7. The largest absolute Gasteiger partial charge is 0.462 e. The van der Waals surface area contributed by atoms with Crippen molar-refractivity contribution in [3.63, 3.8) is 0 Å². The van der Waals surface area contributed by atoms with E-state index in [4.69, 9.17) is 4.74 Å². The average Bonchev–Trinajstić information content (AvgIpc) is 3.17. The summed E-state index contributed by atoms with van der Waals surface area (Å²) >= 11 is 2.87. The van der Waals surface area contributed by atoms with Crippen LogP contribution in [0.4, 0.5) is 5.69 Å². The van der Waals surface area contributed by atoms with E-state index in [1.807, 2.05) is 35.7 Å². The first-order chi connectivity index (χ1) is 13.2. The molecule has 1 heterocycles. The molecule has 0 bridgehead atoms. The Labute approximate surface area is 165 Å². The Bertz CT molecular complexity index is 926. The summed E-state index contributed by atoms with van der Waals surface area (Å²) in [6.45, 7) is 2.03. The van der Waals surface area contributed by atoms with Gasteiger partial charge in [-0.05, 0) is 19.1 Å². The topological polar surface area (TPSA) is 68.3 Å². The third kappa shape index (κ3) is 5.18. The van der Waals surface area contributed by atoms with Gasteiger partial charge >= 0.3 is 5.97 Å². The van der Waals surface area contributed by atoms with Crippen molar-refractivity contribution in [3.8, 4) is 11.3 Å². The van der Waals surface area contributed by atoms with Gasteiger partial charge in [-0.25, -0.2) is 9.78 Å². The third-order valence-electron chi connectivity index (χ3n) is 3.58. The monoisotopic (exact) mass is 398 g/mol. The van der Waals surface area contributed by atoms with Gasteiger partial charge in [0.25, 0.3) is 0 Å². The van der Waals surface area contributed by atoms with Gasteiger partial charge in [-0.3, -0.25) is 4.79 Å². The summed E-state index contributed by atoms with van der Waals surface area (Å²) in [5.74, 6) is -0.444. The SMILES string of the molecule is CCOC(=O)c1ccccc1NC(=O)CSc1nc(-c2ccccc2)cs1. The maximum atomic E-state index is 12.3. The molecular weight excluding hydrogens is 380 g/mol. The molecule has 1 aromatic heterocycles. The van der Waals surface area contributed by atoms with E-state index in [1.165, 1.54) is 23.1 Å². The van der Waals surface area contributed by atoms with Crippen LogP contribution < -0.4 is 5.32 Å². The van der Waals surface area contributed by atoms with Gasteiger partial charge in [-0.2, -0.15) is 0 Å². The number of hydrogen-bond acceptors (Lipinski definition) is 6. The minimum absolute atomic E-state index is 0.201. The molecule has 0 saturated heterocycles. The number of esters is 1. The first-order valence-electron chi connectivity index (χ1n) is 8.37. The Morgan fingerprint density at radius 3 is 2.63 bits per heavy atom. The normalized spacial score (nSPS) is 10.4. The number of nitrogens with zero attached hydrogens (tertiary/aromatic N) is 1. The third-order valence-corrected chi connectivity index (χ3v) is 5.60. The molecule has 0 saturated carbocycles. The molecule has 1 amide bonds. The minimum atomic E-state index is -0.450. The molecule has 27 heavy (non-hydrogen) atoms. The van der Waals surface area contributed by atoms with Crippen LogP contribution in [0.1, 0.15) is 17.3 Å². The predicted octanol–water partition coefficient (Wildman–Crippen LogP) is 4.72. The highest BCUT2D eigenvalue weighted by Crippen LogP contribution is 2.28. The lowest BCUT2D eigenvalue weighted by molar-refractivity contribution is -0.113. The molecule has 0 fully saturated rings. The van der Waals surface area contributed by atoms with Gasteiger partial charge in [0.1, 0.15) is 0 Å². The van der Waals surface area contributed by atoms with Crippen molar-refractivity contribution in [3.05, 3.63) is 65.5 Å². The number of benzene rings is 2. The number of hydrogen-bond donors (Lipinski definition) is 1. The number of thioether (sulfide) groups is 1. The average molecular weight is 399 g/mol. The second kappa shape index (κ2) is 9.34. The van der Waals surface area contributed by atoms with Gasteiger partial charge in [-0.1, -0.05) is 54.2 Å². The molecule has 0 aliphatic rings. The van der Waals surface area contributed by atoms with Crippen LogP contribution in [0, 0.1) is 0 Å². The molecule has 0 aliphatic carbocycles. The molecular formula is C20H18N2O3S2. The summed E-state index contributed by atoms with van der Waals surface area (Å²) in [7, 11) is 0. The van der Waals surface area contributed by atoms with Crippen molar-refractivity contribution in [2.45, 2.75) is 11.3 Å². The number of anilines is 1. The lowest BCUT2D eigenvalue weighted by Crippen LogP contribution is -2.17. The molecule has 0 atom stereocenters. The van der Waals surface area contributed by atoms with Crippen LogP contribution >= 0.6 is 23.1 Å². The highest BCUT2D eigenvalue weighted by molar-refractivity contribution is 8.01. The van der Waals surface area contributed by atoms with E-state index < -0.39 is 5.97 Å². The summed E-state index contributed by atoms with van der Waals surface area (Å²) in [5, 5.41) is 4.75. The molecule has 0 aliphatic heterocycles. The number of carbonyl (C=O) groups excluding carboxylic acids is 2. The van der Waals surface area contributed by atoms with E-state index in [2.05, 4.69) is 10.3 Å². The van der Waals surface area contributed by atoms with E-state index in [9.17, 15) is 9.59 Å². The van der Waals surface area contributed by atoms with Crippen molar-refractivity contribution >= 4 is 40.7 Å². The Morgan fingerprint density at radius 1 is 1.11 bits per heavy atom. The number of nitrogens with one attached hydrogen (secondary N) is 1. The number of rotatable bonds is 7. The molecule has 0 spiro atoms. The van der Waals surface area contributed by atoms with E-state index in [0.29, 0.717) is 11.3 Å². The van der Waals surface area contributed by atoms with E-state index in [-0.39, 0.29) is 18.3 Å². The quantitative estimate of drug-likeness (QED) is 0.461. The minimum Gasteiger partial charge on any atom is -0.462 e. The van der Waals surface area contributed by atoms with Crippen LogP contribution in [0.25, 0.3) is 11.3 Å². The summed E-state index contributed by atoms with van der Waals surface area (Å²) in [5.41, 5.74) is 2.74. The van der Waals surface area contributed by atoms with Gasteiger partial charge < -0.3 is 10.1 Å². The maximum absolute atomic E-state index is 12.3. The van der Waals surface area contributed by atoms with Crippen molar-refractivity contribution < 1.29 is 14.3 Å². The predicted molar refractivity (Wildman–Crippen MR) is 109 cm³/mol. The summed E-state index contributed by atoms with van der Waals surface area (Å²) in [6.07, 6.45) is 0. The second-order valence-corrected chi connectivity index (χ2v) is 7.55. The smallest absolute Gasteiger partial charge is 0.340 e. The van der Waals surface area contributed by atoms with Crippen molar-refractivity contribution in [2.24, 2.45) is 0 Å². The lowest BCUT2D eigenvalue weighted by atomic mass is 10.2. The van der Waals surface area contributed by atoms with E-state index >= 15 is 0 Å². The highest BCUT2D eigenvalue weighted by Gasteiger charge is 2.14. The number of thiazole rings is 1. The van der Waals surface area contributed by atoms with Gasteiger partial charge in [0.15, 0.2) is 4.34 Å². The van der Waals surface area contributed by atoms with E-state index in [1.54, 1.807) is 31.2 Å². The Hall–Kier alpha value is -2.64. The molecule has 1 N–H and O–H groups in total. The van der Waals surface area contributed by atoms with Crippen LogP contribution in [0.5, 0.6) is 0 Å². The molecule has 2 aromatic carbocycles. The molecule has 5 nitrogen and oxygen atoms in total. The number of ether oxygens (including phenoxy) is 1. The Balaban J connectivity index is 1.60. The molecule has 0 radical (unpaired) electrons. The van der Waals surface area contributed by atoms with Crippen LogP contribution in [0.15, 0.2) is 64.3 Å². The zero-order chi connectivity index (χ0) is 19.1. The second-order valence-electron chi connectivity index (χ2n) is 5.47. The summed E-state index contributed by atoms with van der Waals surface area (Å²) in [6, 6.07) is 16.7. The van der Waals surface area contributed by atoms with E-state index in [0.717, 1.165) is 15.6 Å². The molecule has 3 rings (SSSR count). The van der Waals surface area contributed by atoms with Crippen molar-refractivity contribution in [2.75, 3.05) is 17.7 Å². The number of amides is 1. The molecule has 7 heteroatoms. The number of aromatic nitrogens is 1. The number of para-hydroxylation sites is 1. The first kappa shape index (κ1) is 19.1. The summed E-state index contributed by atoms with van der Waals surface area (Å²) in [4.78, 5) is 28.8. The van der Waals surface area contributed by atoms with Crippen LogP contribution in [-0.2, 0) is 9.53 Å². The lowest BCUT2D eigenvalue weighted by Gasteiger charge is -2.09. The highest BCUT2D eigenvalue weighted by atomic mass is 32.2. The standard InChI is InChI=1S/C20H18N2O3S2/c1-2-25-19(24)15-10-6-7-11-16(15)21-18(23)13-27-20-22-17(12-26-20)14-8-4-3-5-9-14/h3-12H,2,13H2,1H3,(H,21,23). The Morgan fingerprint density at radius 2 is 1.85 bits per heavy atom. The fourth-order valence-corrected chi connectivity index (χ4v) is 3.99. The summed E-state index contributed by atoms with van der Waals surface area (Å²) < 4.78 is 5.84. The van der Waals surface area contributed by atoms with Gasteiger partial charge in [-0.15, -0.1) is 11.3 Å². The van der Waals surface area contributed by atoms with Crippen molar-refractivity contribution in [1.29, 1.82) is 0 Å². The van der Waals surface area contributed by atoms with Crippen LogP contribution in [0.3, 0.4) is 0 Å². The number of carbonyl (C=O) groups is 2. The fourth-order valence-electron chi connectivity index (χ4n) is 2.36. The maximum Gasteiger partial charge on any atom is 0.340 e. The van der Waals surface area contributed by atoms with Gasteiger partial charge in [0.2, 0.25) is 5.91 Å².